The Kier molecular flexibility index (Phi) is 4.81. The van der Waals surface area contributed by atoms with E-state index in [0.717, 1.165) is 24.8 Å². The zero-order valence-electron chi connectivity index (χ0n) is 12.8. The Bertz CT molecular complexity index is 444. The number of carbonyl (C=O) groups excluding carboxylic acids is 1. The van der Waals surface area contributed by atoms with Crippen LogP contribution >= 0.6 is 0 Å². The van der Waals surface area contributed by atoms with Gasteiger partial charge in [-0.3, -0.25) is 4.79 Å². The predicted octanol–water partition coefficient (Wildman–Crippen LogP) is 2.99. The molecular formula is C17H25NO2. The van der Waals surface area contributed by atoms with Gasteiger partial charge in [-0.1, -0.05) is 43.2 Å². The first-order chi connectivity index (χ1) is 9.63. The van der Waals surface area contributed by atoms with Crippen molar-refractivity contribution in [3.8, 4) is 0 Å². The van der Waals surface area contributed by atoms with Crippen LogP contribution in [0.25, 0.3) is 0 Å². The molecule has 0 spiro atoms. The van der Waals surface area contributed by atoms with Gasteiger partial charge in [0.05, 0.1) is 6.61 Å². The van der Waals surface area contributed by atoms with E-state index in [1.54, 1.807) is 0 Å². The first kappa shape index (κ1) is 15.0. The van der Waals surface area contributed by atoms with Crippen LogP contribution < -0.4 is 0 Å². The van der Waals surface area contributed by atoms with Crippen LogP contribution in [0.2, 0.25) is 0 Å². The lowest BCUT2D eigenvalue weighted by Crippen LogP contribution is -2.55. The molecule has 1 aliphatic carbocycles. The highest BCUT2D eigenvalue weighted by Gasteiger charge is 2.50. The minimum absolute atomic E-state index is 0.0652. The minimum atomic E-state index is -0.515. The van der Waals surface area contributed by atoms with Gasteiger partial charge in [-0.25, -0.2) is 0 Å². The second-order valence-electron chi connectivity index (χ2n) is 5.78. The van der Waals surface area contributed by atoms with Gasteiger partial charge in [-0.05, 0) is 39.4 Å². The summed E-state index contributed by atoms with van der Waals surface area (Å²) in [6, 6.07) is 10.4. The monoisotopic (exact) mass is 275 g/mol. The van der Waals surface area contributed by atoms with Gasteiger partial charge in [0, 0.05) is 6.04 Å². The predicted molar refractivity (Wildman–Crippen MR) is 80.7 cm³/mol. The maximum Gasteiger partial charge on any atom is 0.318 e. The van der Waals surface area contributed by atoms with E-state index in [4.69, 9.17) is 4.74 Å². The van der Waals surface area contributed by atoms with Crippen LogP contribution in [0.1, 0.15) is 38.2 Å². The van der Waals surface area contributed by atoms with Crippen molar-refractivity contribution in [3.05, 3.63) is 35.9 Å². The third kappa shape index (κ3) is 2.59. The van der Waals surface area contributed by atoms with E-state index >= 15 is 0 Å². The van der Waals surface area contributed by atoms with Gasteiger partial charge in [0.25, 0.3) is 0 Å². The first-order valence-corrected chi connectivity index (χ1v) is 7.52. The van der Waals surface area contributed by atoms with Crippen molar-refractivity contribution in [2.24, 2.45) is 0 Å². The first-order valence-electron chi connectivity index (χ1n) is 7.52. The molecule has 1 fully saturated rings. The lowest BCUT2D eigenvalue weighted by atomic mass is 9.65. The Labute approximate surface area is 121 Å². The average molecular weight is 275 g/mol. The summed E-state index contributed by atoms with van der Waals surface area (Å²) in [6.07, 6.45) is 4.17. The van der Waals surface area contributed by atoms with Crippen molar-refractivity contribution < 1.29 is 9.53 Å². The number of benzene rings is 1. The van der Waals surface area contributed by atoms with E-state index in [1.165, 1.54) is 6.42 Å². The summed E-state index contributed by atoms with van der Waals surface area (Å²) < 4.78 is 5.45. The Morgan fingerprint density at radius 1 is 1.30 bits per heavy atom. The highest BCUT2D eigenvalue weighted by Crippen LogP contribution is 2.42. The molecule has 0 bridgehead atoms. The molecule has 0 aliphatic heterocycles. The van der Waals surface area contributed by atoms with Crippen LogP contribution in [0.3, 0.4) is 0 Å². The van der Waals surface area contributed by atoms with E-state index in [9.17, 15) is 4.79 Å². The van der Waals surface area contributed by atoms with Crippen LogP contribution in [0, 0.1) is 0 Å². The highest BCUT2D eigenvalue weighted by molar-refractivity contribution is 5.84. The Morgan fingerprint density at radius 2 is 2.00 bits per heavy atom. The third-order valence-corrected chi connectivity index (χ3v) is 4.42. The largest absolute Gasteiger partial charge is 0.465 e. The Hall–Kier alpha value is -1.35. The summed E-state index contributed by atoms with van der Waals surface area (Å²) in [5, 5.41) is 0. The molecule has 1 aromatic carbocycles. The van der Waals surface area contributed by atoms with E-state index in [2.05, 4.69) is 31.1 Å². The van der Waals surface area contributed by atoms with Gasteiger partial charge in [0.2, 0.25) is 0 Å². The van der Waals surface area contributed by atoms with Gasteiger partial charge in [-0.15, -0.1) is 0 Å². The van der Waals surface area contributed by atoms with Gasteiger partial charge in [0.1, 0.15) is 5.41 Å². The summed E-state index contributed by atoms with van der Waals surface area (Å²) in [5.41, 5.74) is 0.579. The van der Waals surface area contributed by atoms with Crippen molar-refractivity contribution in [2.45, 2.75) is 44.1 Å². The molecule has 0 amide bonds. The minimum Gasteiger partial charge on any atom is -0.465 e. The van der Waals surface area contributed by atoms with Crippen LogP contribution in [-0.2, 0) is 14.9 Å². The van der Waals surface area contributed by atoms with Crippen molar-refractivity contribution in [1.29, 1.82) is 0 Å². The SMILES string of the molecule is CCOC(=O)C1(c2ccccc2)CCCCC1N(C)C. The summed E-state index contributed by atoms with van der Waals surface area (Å²) in [5.74, 6) is -0.0652. The van der Waals surface area contributed by atoms with Crippen molar-refractivity contribution >= 4 is 5.97 Å². The van der Waals surface area contributed by atoms with Crippen LogP contribution in [0.4, 0.5) is 0 Å². The summed E-state index contributed by atoms with van der Waals surface area (Å²) in [4.78, 5) is 15.0. The summed E-state index contributed by atoms with van der Waals surface area (Å²) >= 11 is 0. The van der Waals surface area contributed by atoms with Crippen LogP contribution in [0.15, 0.2) is 30.3 Å². The summed E-state index contributed by atoms with van der Waals surface area (Å²) in [6.45, 7) is 2.32. The van der Waals surface area contributed by atoms with Gasteiger partial charge < -0.3 is 9.64 Å². The molecule has 0 radical (unpaired) electrons. The van der Waals surface area contributed by atoms with Crippen LogP contribution in [0.5, 0.6) is 0 Å². The van der Waals surface area contributed by atoms with Crippen molar-refractivity contribution in [1.82, 2.24) is 4.90 Å². The number of likely N-dealkylation sites (N-methyl/N-ethyl adjacent to an activating group) is 1. The highest BCUT2D eigenvalue weighted by atomic mass is 16.5. The molecule has 1 aliphatic rings. The van der Waals surface area contributed by atoms with E-state index in [1.807, 2.05) is 25.1 Å². The maximum absolute atomic E-state index is 12.8. The van der Waals surface area contributed by atoms with Crippen molar-refractivity contribution in [3.63, 3.8) is 0 Å². The van der Waals surface area contributed by atoms with Gasteiger partial charge >= 0.3 is 5.97 Å². The molecule has 1 aromatic rings. The normalized spacial score (nSPS) is 26.5. The van der Waals surface area contributed by atoms with E-state index < -0.39 is 5.41 Å². The maximum atomic E-state index is 12.8. The fraction of sp³-hybridized carbons (Fsp3) is 0.588. The molecular weight excluding hydrogens is 250 g/mol. The molecule has 110 valence electrons. The Morgan fingerprint density at radius 3 is 2.60 bits per heavy atom. The lowest BCUT2D eigenvalue weighted by molar-refractivity contribution is -0.154. The lowest BCUT2D eigenvalue weighted by Gasteiger charge is -2.45. The van der Waals surface area contributed by atoms with E-state index in [0.29, 0.717) is 6.61 Å². The number of esters is 1. The van der Waals surface area contributed by atoms with Gasteiger partial charge in [-0.2, -0.15) is 0 Å². The number of ether oxygens (including phenoxy) is 1. The van der Waals surface area contributed by atoms with Crippen molar-refractivity contribution in [2.75, 3.05) is 20.7 Å². The second kappa shape index (κ2) is 6.40. The van der Waals surface area contributed by atoms with Gasteiger partial charge in [0.15, 0.2) is 0 Å². The number of hydrogen-bond donors (Lipinski definition) is 0. The molecule has 2 unspecified atom stereocenters. The summed E-state index contributed by atoms with van der Waals surface area (Å²) in [7, 11) is 4.12. The Balaban J connectivity index is 2.49. The number of nitrogens with zero attached hydrogens (tertiary/aromatic N) is 1. The number of rotatable bonds is 4. The fourth-order valence-electron chi connectivity index (χ4n) is 3.54. The number of hydrogen-bond acceptors (Lipinski definition) is 3. The quantitative estimate of drug-likeness (QED) is 0.791. The molecule has 3 nitrogen and oxygen atoms in total. The molecule has 0 N–H and O–H groups in total. The fourth-order valence-corrected chi connectivity index (χ4v) is 3.54. The van der Waals surface area contributed by atoms with E-state index in [-0.39, 0.29) is 12.0 Å². The standard InChI is InChI=1S/C17H25NO2/c1-4-20-16(19)17(14-10-6-5-7-11-14)13-9-8-12-15(17)18(2)3/h5-7,10-11,15H,4,8-9,12-13H2,1-3H3. The zero-order valence-corrected chi connectivity index (χ0v) is 12.8. The smallest absolute Gasteiger partial charge is 0.318 e. The zero-order chi connectivity index (χ0) is 14.6. The second-order valence-corrected chi connectivity index (χ2v) is 5.78. The molecule has 0 aromatic heterocycles. The number of carbonyl (C=O) groups is 1. The molecule has 0 saturated heterocycles. The molecule has 1 saturated carbocycles. The molecule has 3 heteroatoms. The molecule has 20 heavy (non-hydrogen) atoms. The topological polar surface area (TPSA) is 29.5 Å². The molecule has 2 atom stereocenters. The molecule has 2 rings (SSSR count). The van der Waals surface area contributed by atoms with Crippen LogP contribution in [-0.4, -0.2) is 37.6 Å². The average Bonchev–Trinajstić information content (AvgIpc) is 2.48. The molecule has 0 heterocycles. The third-order valence-electron chi connectivity index (χ3n) is 4.42.